The molecule has 37 heavy (non-hydrogen) atoms. The van der Waals surface area contributed by atoms with Gasteiger partial charge in [-0.2, -0.15) is 5.26 Å². The topological polar surface area (TPSA) is 73.2 Å². The molecule has 1 aliphatic heterocycles. The molecule has 0 aromatic heterocycles. The van der Waals surface area contributed by atoms with Gasteiger partial charge in [0.2, 0.25) is 5.91 Å². The molecule has 4 rings (SSSR count). The molecule has 5 nitrogen and oxygen atoms in total. The molecule has 1 N–H and O–H groups in total. The zero-order chi connectivity index (χ0) is 26.7. The van der Waals surface area contributed by atoms with Crippen molar-refractivity contribution in [3.05, 3.63) is 104 Å². The number of hydrogen-bond acceptors (Lipinski definition) is 4. The van der Waals surface area contributed by atoms with E-state index < -0.39 is 11.2 Å². The van der Waals surface area contributed by atoms with Crippen LogP contribution in [0.1, 0.15) is 36.5 Å². The number of para-hydroxylation sites is 1. The normalized spacial score (nSPS) is 16.6. The van der Waals surface area contributed by atoms with E-state index in [0.29, 0.717) is 38.8 Å². The number of nitrogens with one attached hydrogen (secondary N) is 1. The third kappa shape index (κ3) is 5.70. The molecule has 1 aliphatic rings. The third-order valence-electron chi connectivity index (χ3n) is 6.15. The van der Waals surface area contributed by atoms with Gasteiger partial charge >= 0.3 is 0 Å². The molecule has 8 heteroatoms. The number of anilines is 2. The quantitative estimate of drug-likeness (QED) is 0.255. The van der Waals surface area contributed by atoms with Crippen molar-refractivity contribution in [2.75, 3.05) is 10.2 Å². The number of rotatable bonds is 6. The van der Waals surface area contributed by atoms with Crippen molar-refractivity contribution in [3.63, 3.8) is 0 Å². The Kier molecular flexibility index (Phi) is 8.29. The average Bonchev–Trinajstić information content (AvgIpc) is 3.19. The van der Waals surface area contributed by atoms with Crippen molar-refractivity contribution < 1.29 is 9.59 Å². The van der Waals surface area contributed by atoms with Crippen LogP contribution in [0, 0.1) is 18.3 Å². The maximum Gasteiger partial charge on any atom is 0.269 e. The second kappa shape index (κ2) is 11.4. The molecular formula is C29H25Cl2N3O2S. The van der Waals surface area contributed by atoms with Crippen LogP contribution in [0.4, 0.5) is 11.4 Å². The summed E-state index contributed by atoms with van der Waals surface area (Å²) in [6.07, 6.45) is 0.297. The molecule has 3 aromatic rings. The number of carbonyl (C=O) groups excluding carboxylic acids is 2. The predicted octanol–water partition coefficient (Wildman–Crippen LogP) is 7.49. The fourth-order valence-corrected chi connectivity index (χ4v) is 5.73. The number of nitrogens with zero attached hydrogens (tertiary/aromatic N) is 2. The molecule has 1 unspecified atom stereocenters. The number of thioether (sulfide) groups is 1. The number of aryl methyl sites for hydroxylation is 1. The molecule has 2 amide bonds. The van der Waals surface area contributed by atoms with Crippen molar-refractivity contribution in [1.82, 2.24) is 0 Å². The van der Waals surface area contributed by atoms with E-state index in [9.17, 15) is 14.9 Å². The summed E-state index contributed by atoms with van der Waals surface area (Å²) in [6.45, 7) is 6.05. The summed E-state index contributed by atoms with van der Waals surface area (Å²) >= 11 is 13.8. The van der Waals surface area contributed by atoms with Crippen LogP contribution < -0.4 is 10.2 Å². The smallest absolute Gasteiger partial charge is 0.269 e. The molecule has 1 fully saturated rings. The lowest BCUT2D eigenvalue weighted by molar-refractivity contribution is -0.117. The summed E-state index contributed by atoms with van der Waals surface area (Å²) in [5.41, 5.74) is 3.77. The van der Waals surface area contributed by atoms with Crippen molar-refractivity contribution in [3.8, 4) is 6.07 Å². The highest BCUT2D eigenvalue weighted by Gasteiger charge is 2.41. The van der Waals surface area contributed by atoms with Gasteiger partial charge in [-0.05, 0) is 60.2 Å². The lowest BCUT2D eigenvalue weighted by atomic mass is 10.0. The van der Waals surface area contributed by atoms with Gasteiger partial charge in [-0.3, -0.25) is 14.5 Å². The summed E-state index contributed by atoms with van der Waals surface area (Å²) in [5.74, 6) is -0.484. The number of nitriles is 1. The zero-order valence-corrected chi connectivity index (χ0v) is 22.9. The molecule has 1 heterocycles. The molecule has 3 aromatic carbocycles. The first-order chi connectivity index (χ1) is 17.7. The van der Waals surface area contributed by atoms with E-state index in [1.54, 1.807) is 18.2 Å². The van der Waals surface area contributed by atoms with Gasteiger partial charge in [0.25, 0.3) is 5.91 Å². The minimum Gasteiger partial charge on any atom is -0.321 e. The van der Waals surface area contributed by atoms with Crippen LogP contribution in [0.25, 0.3) is 0 Å². The second-order valence-corrected chi connectivity index (χ2v) is 11.0. The van der Waals surface area contributed by atoms with Crippen LogP contribution in [0.3, 0.4) is 0 Å². The van der Waals surface area contributed by atoms with E-state index >= 15 is 0 Å². The SMILES string of the molecule is Cc1ccccc1NC(=O)/C(C#N)=C1\SC(Cc2cccc(Cl)c2Cl)C(=O)N1c1ccc(C(C)C)cc1. The molecule has 1 saturated heterocycles. The van der Waals surface area contributed by atoms with Crippen LogP contribution in [-0.2, 0) is 16.0 Å². The fourth-order valence-electron chi connectivity index (χ4n) is 4.03. The Bertz CT molecular complexity index is 1430. The van der Waals surface area contributed by atoms with Crippen LogP contribution in [0.2, 0.25) is 10.0 Å². The van der Waals surface area contributed by atoms with Crippen LogP contribution in [0.15, 0.2) is 77.3 Å². The molecule has 0 saturated carbocycles. The monoisotopic (exact) mass is 549 g/mol. The number of carbonyl (C=O) groups is 2. The van der Waals surface area contributed by atoms with Gasteiger partial charge in [-0.1, -0.05) is 91.3 Å². The average molecular weight is 551 g/mol. The van der Waals surface area contributed by atoms with E-state index in [1.165, 1.54) is 16.7 Å². The maximum atomic E-state index is 13.7. The Labute approximate surface area is 231 Å². The van der Waals surface area contributed by atoms with Crippen molar-refractivity contribution in [1.29, 1.82) is 5.26 Å². The van der Waals surface area contributed by atoms with Gasteiger partial charge in [-0.15, -0.1) is 0 Å². The zero-order valence-electron chi connectivity index (χ0n) is 20.6. The number of amides is 2. The Balaban J connectivity index is 1.76. The largest absolute Gasteiger partial charge is 0.321 e. The third-order valence-corrected chi connectivity index (χ3v) is 8.27. The molecule has 188 valence electrons. The van der Waals surface area contributed by atoms with Crippen LogP contribution >= 0.6 is 35.0 Å². The van der Waals surface area contributed by atoms with Gasteiger partial charge in [0.15, 0.2) is 0 Å². The van der Waals surface area contributed by atoms with Gasteiger partial charge in [0.05, 0.1) is 15.3 Å². The minimum atomic E-state index is -0.592. The molecule has 0 bridgehead atoms. The van der Waals surface area contributed by atoms with Gasteiger partial charge < -0.3 is 5.32 Å². The predicted molar refractivity (Wildman–Crippen MR) is 152 cm³/mol. The van der Waals surface area contributed by atoms with E-state index in [2.05, 4.69) is 19.2 Å². The van der Waals surface area contributed by atoms with Gasteiger partial charge in [-0.25, -0.2) is 0 Å². The summed E-state index contributed by atoms with van der Waals surface area (Å²) < 4.78 is 0. The molecular weight excluding hydrogens is 525 g/mol. The van der Waals surface area contributed by atoms with Crippen molar-refractivity contribution >= 4 is 58.2 Å². The highest BCUT2D eigenvalue weighted by Crippen LogP contribution is 2.43. The Hall–Kier alpha value is -3.24. The summed E-state index contributed by atoms with van der Waals surface area (Å²) in [7, 11) is 0. The van der Waals surface area contributed by atoms with E-state index in [4.69, 9.17) is 23.2 Å². The van der Waals surface area contributed by atoms with E-state index in [0.717, 1.165) is 16.7 Å². The van der Waals surface area contributed by atoms with Gasteiger partial charge in [0, 0.05) is 11.4 Å². The standard InChI is InChI=1S/C29H25Cl2N3O2S/c1-17(2)19-11-13-21(14-12-19)34-28(36)25(15-20-8-6-9-23(30)26(20)31)37-29(34)22(16-32)27(35)33-24-10-5-4-7-18(24)3/h4-14,17,25H,15H2,1-3H3,(H,33,35)/b29-22-. The van der Waals surface area contributed by atoms with Crippen LogP contribution in [-0.4, -0.2) is 17.1 Å². The Morgan fingerprint density at radius 3 is 2.43 bits per heavy atom. The first kappa shape index (κ1) is 26.8. The fraction of sp³-hybridized carbons (Fsp3) is 0.207. The summed E-state index contributed by atoms with van der Waals surface area (Å²) in [4.78, 5) is 28.5. The van der Waals surface area contributed by atoms with E-state index in [-0.39, 0.29) is 11.5 Å². The molecule has 1 atom stereocenters. The van der Waals surface area contributed by atoms with Crippen LogP contribution in [0.5, 0.6) is 0 Å². The first-order valence-corrected chi connectivity index (χ1v) is 13.4. The first-order valence-electron chi connectivity index (χ1n) is 11.8. The number of hydrogen-bond donors (Lipinski definition) is 1. The van der Waals surface area contributed by atoms with E-state index in [1.807, 2.05) is 61.5 Å². The summed E-state index contributed by atoms with van der Waals surface area (Å²) in [5, 5.41) is 13.4. The lowest BCUT2D eigenvalue weighted by Gasteiger charge is -2.20. The highest BCUT2D eigenvalue weighted by molar-refractivity contribution is 8.05. The highest BCUT2D eigenvalue weighted by atomic mass is 35.5. The molecule has 0 aliphatic carbocycles. The lowest BCUT2D eigenvalue weighted by Crippen LogP contribution is -2.31. The molecule has 0 spiro atoms. The molecule has 0 radical (unpaired) electrons. The minimum absolute atomic E-state index is 0.130. The summed E-state index contributed by atoms with van der Waals surface area (Å²) in [6, 6.07) is 22.3. The number of halogens is 2. The Morgan fingerprint density at radius 2 is 1.78 bits per heavy atom. The Morgan fingerprint density at radius 1 is 1.08 bits per heavy atom. The van der Waals surface area contributed by atoms with Gasteiger partial charge in [0.1, 0.15) is 16.7 Å². The number of benzene rings is 3. The van der Waals surface area contributed by atoms with Crippen molar-refractivity contribution in [2.45, 2.75) is 38.4 Å². The van der Waals surface area contributed by atoms with Crippen molar-refractivity contribution in [2.24, 2.45) is 0 Å². The maximum absolute atomic E-state index is 13.7. The second-order valence-electron chi connectivity index (χ2n) is 9.00.